The van der Waals surface area contributed by atoms with E-state index < -0.39 is 11.4 Å². The van der Waals surface area contributed by atoms with Crippen LogP contribution in [-0.2, 0) is 9.47 Å². The molecule has 2 aromatic rings. The Morgan fingerprint density at radius 2 is 1.91 bits per heavy atom. The minimum atomic E-state index is -0.457. The standard InChI is InChI=1S/C25H37FN6O3/c1-17(15-33-2)30-18-3-5-19(6-4-18)31-23-11-20(21(26)12-29-23)22-13-28-14-24(32-22)35-16-25(27)7-9-34-10-8-25/h11-14,17-19,30H,3-10,15-16,27H2,1-2H3,(H,29,31)/t17-,18-,19-/m1/s1. The average Bonchev–Trinajstić information content (AvgIpc) is 2.86. The molecular formula is C25H37FN6O3. The van der Waals surface area contributed by atoms with Gasteiger partial charge in [-0.3, -0.25) is 4.98 Å². The van der Waals surface area contributed by atoms with Crippen molar-refractivity contribution in [1.29, 1.82) is 0 Å². The number of nitrogens with two attached hydrogens (primary N) is 1. The first-order valence-corrected chi connectivity index (χ1v) is 12.4. The predicted molar refractivity (Wildman–Crippen MR) is 132 cm³/mol. The van der Waals surface area contributed by atoms with Crippen molar-refractivity contribution in [3.05, 3.63) is 30.5 Å². The van der Waals surface area contributed by atoms with Crippen LogP contribution in [0.3, 0.4) is 0 Å². The minimum Gasteiger partial charge on any atom is -0.475 e. The second-order valence-corrected chi connectivity index (χ2v) is 9.77. The van der Waals surface area contributed by atoms with E-state index >= 15 is 0 Å². The summed E-state index contributed by atoms with van der Waals surface area (Å²) in [5, 5.41) is 7.09. The van der Waals surface area contributed by atoms with Crippen LogP contribution < -0.4 is 21.1 Å². The molecule has 1 aliphatic heterocycles. The molecule has 2 aromatic heterocycles. The third kappa shape index (κ3) is 7.30. The lowest BCUT2D eigenvalue weighted by molar-refractivity contribution is 0.0335. The molecule has 0 radical (unpaired) electrons. The van der Waals surface area contributed by atoms with Crippen LogP contribution in [0.2, 0.25) is 0 Å². The molecule has 0 bridgehead atoms. The summed E-state index contributed by atoms with van der Waals surface area (Å²) in [5.41, 5.74) is 6.67. The Hall–Kier alpha value is -2.40. The van der Waals surface area contributed by atoms with E-state index in [1.807, 2.05) is 0 Å². The lowest BCUT2D eigenvalue weighted by atomic mass is 9.90. The highest BCUT2D eigenvalue weighted by molar-refractivity contribution is 5.63. The maximum atomic E-state index is 14.7. The van der Waals surface area contributed by atoms with Gasteiger partial charge in [0.1, 0.15) is 12.4 Å². The lowest BCUT2D eigenvalue weighted by Crippen LogP contribution is -2.49. The van der Waals surface area contributed by atoms with Crippen LogP contribution in [0.1, 0.15) is 45.4 Å². The van der Waals surface area contributed by atoms with Gasteiger partial charge in [0.25, 0.3) is 0 Å². The molecule has 1 aliphatic carbocycles. The van der Waals surface area contributed by atoms with Gasteiger partial charge in [-0.05, 0) is 51.5 Å². The molecule has 35 heavy (non-hydrogen) atoms. The van der Waals surface area contributed by atoms with Gasteiger partial charge in [0, 0.05) is 44.0 Å². The number of nitrogens with one attached hydrogen (secondary N) is 2. The Balaban J connectivity index is 1.36. The highest BCUT2D eigenvalue weighted by Crippen LogP contribution is 2.27. The van der Waals surface area contributed by atoms with E-state index in [4.69, 9.17) is 19.9 Å². The van der Waals surface area contributed by atoms with Gasteiger partial charge in [0.05, 0.1) is 36.4 Å². The number of ether oxygens (including phenoxy) is 3. The molecule has 1 atom stereocenters. The van der Waals surface area contributed by atoms with Gasteiger partial charge in [-0.1, -0.05) is 0 Å². The molecule has 4 N–H and O–H groups in total. The fraction of sp³-hybridized carbons (Fsp3) is 0.640. The lowest BCUT2D eigenvalue weighted by Gasteiger charge is -2.32. The Bertz CT molecular complexity index is 951. The zero-order valence-electron chi connectivity index (χ0n) is 20.6. The summed E-state index contributed by atoms with van der Waals surface area (Å²) in [6.07, 6.45) is 9.88. The highest BCUT2D eigenvalue weighted by Gasteiger charge is 2.29. The van der Waals surface area contributed by atoms with Crippen LogP contribution in [0.15, 0.2) is 24.7 Å². The summed E-state index contributed by atoms with van der Waals surface area (Å²) in [6.45, 7) is 4.39. The van der Waals surface area contributed by atoms with Crippen molar-refractivity contribution in [3.63, 3.8) is 0 Å². The van der Waals surface area contributed by atoms with E-state index in [1.54, 1.807) is 13.2 Å². The summed E-state index contributed by atoms with van der Waals surface area (Å²) in [5.74, 6) is 0.488. The van der Waals surface area contributed by atoms with Crippen LogP contribution in [0.25, 0.3) is 11.3 Å². The molecule has 10 heteroatoms. The van der Waals surface area contributed by atoms with Crippen molar-refractivity contribution in [2.75, 3.05) is 38.9 Å². The number of nitrogens with zero attached hydrogens (tertiary/aromatic N) is 3. The maximum absolute atomic E-state index is 14.7. The van der Waals surface area contributed by atoms with Crippen LogP contribution in [0.5, 0.6) is 5.88 Å². The first-order chi connectivity index (χ1) is 16.9. The van der Waals surface area contributed by atoms with Crippen molar-refractivity contribution in [3.8, 4) is 17.1 Å². The van der Waals surface area contributed by atoms with Crippen molar-refractivity contribution in [2.45, 2.75) is 69.1 Å². The molecule has 1 saturated carbocycles. The molecule has 0 spiro atoms. The normalized spacial score (nSPS) is 23.0. The number of halogens is 1. The average molecular weight is 489 g/mol. The SMILES string of the molecule is COC[C@@H](C)N[C@H]1CC[C@H](Nc2cc(-c3cncc(OCC4(N)CCOCC4)n3)c(F)cn2)CC1. The zero-order valence-corrected chi connectivity index (χ0v) is 20.6. The monoisotopic (exact) mass is 488 g/mol. The smallest absolute Gasteiger partial charge is 0.232 e. The van der Waals surface area contributed by atoms with E-state index in [0.29, 0.717) is 61.5 Å². The number of hydrogen-bond acceptors (Lipinski definition) is 9. The van der Waals surface area contributed by atoms with Crippen molar-refractivity contribution in [1.82, 2.24) is 20.3 Å². The molecule has 2 fully saturated rings. The molecular weight excluding hydrogens is 451 g/mol. The Kier molecular flexibility index (Phi) is 8.83. The van der Waals surface area contributed by atoms with Crippen molar-refractivity contribution < 1.29 is 18.6 Å². The number of rotatable bonds is 10. The van der Waals surface area contributed by atoms with Gasteiger partial charge in [-0.25, -0.2) is 14.4 Å². The van der Waals surface area contributed by atoms with Gasteiger partial charge in [0.15, 0.2) is 5.82 Å². The van der Waals surface area contributed by atoms with E-state index in [1.165, 1.54) is 18.6 Å². The van der Waals surface area contributed by atoms with E-state index in [-0.39, 0.29) is 6.04 Å². The Morgan fingerprint density at radius 3 is 2.66 bits per heavy atom. The van der Waals surface area contributed by atoms with E-state index in [2.05, 4.69) is 32.5 Å². The van der Waals surface area contributed by atoms with Crippen LogP contribution in [-0.4, -0.2) is 72.2 Å². The van der Waals surface area contributed by atoms with Crippen LogP contribution in [0.4, 0.5) is 10.2 Å². The van der Waals surface area contributed by atoms with Gasteiger partial charge in [-0.2, -0.15) is 0 Å². The predicted octanol–water partition coefficient (Wildman–Crippen LogP) is 2.91. The highest BCUT2D eigenvalue weighted by atomic mass is 19.1. The number of anilines is 1. The molecule has 0 amide bonds. The fourth-order valence-corrected chi connectivity index (χ4v) is 4.72. The van der Waals surface area contributed by atoms with Crippen LogP contribution in [0, 0.1) is 5.82 Å². The van der Waals surface area contributed by atoms with E-state index in [0.717, 1.165) is 38.5 Å². The van der Waals surface area contributed by atoms with Gasteiger partial charge >= 0.3 is 0 Å². The molecule has 192 valence electrons. The van der Waals surface area contributed by atoms with Gasteiger partial charge in [-0.15, -0.1) is 0 Å². The summed E-state index contributed by atoms with van der Waals surface area (Å²) >= 11 is 0. The number of pyridine rings is 1. The summed E-state index contributed by atoms with van der Waals surface area (Å²) in [4.78, 5) is 12.9. The maximum Gasteiger partial charge on any atom is 0.232 e. The third-order valence-electron chi connectivity index (χ3n) is 6.76. The summed E-state index contributed by atoms with van der Waals surface area (Å²) < 4.78 is 31.1. The van der Waals surface area contributed by atoms with Crippen LogP contribution >= 0.6 is 0 Å². The molecule has 4 rings (SSSR count). The van der Waals surface area contributed by atoms with Gasteiger partial charge < -0.3 is 30.6 Å². The molecule has 2 aliphatic rings. The molecule has 1 saturated heterocycles. The van der Waals surface area contributed by atoms with Crippen molar-refractivity contribution in [2.24, 2.45) is 5.73 Å². The Labute approximate surface area is 206 Å². The number of methoxy groups -OCH3 is 1. The second kappa shape index (κ2) is 12.0. The summed E-state index contributed by atoms with van der Waals surface area (Å²) in [7, 11) is 1.72. The largest absolute Gasteiger partial charge is 0.475 e. The topological polar surface area (TPSA) is 116 Å². The number of hydrogen-bond donors (Lipinski definition) is 3. The summed E-state index contributed by atoms with van der Waals surface area (Å²) in [6, 6.07) is 2.81. The second-order valence-electron chi connectivity index (χ2n) is 9.77. The molecule has 3 heterocycles. The zero-order chi connectivity index (χ0) is 24.7. The first-order valence-electron chi connectivity index (χ1n) is 12.4. The number of aromatic nitrogens is 3. The Morgan fingerprint density at radius 1 is 1.17 bits per heavy atom. The fourth-order valence-electron chi connectivity index (χ4n) is 4.72. The first kappa shape index (κ1) is 25.7. The third-order valence-corrected chi connectivity index (χ3v) is 6.76. The van der Waals surface area contributed by atoms with E-state index in [9.17, 15) is 4.39 Å². The molecule has 0 aromatic carbocycles. The van der Waals surface area contributed by atoms with Crippen molar-refractivity contribution >= 4 is 5.82 Å². The minimum absolute atomic E-state index is 0.289. The molecule has 9 nitrogen and oxygen atoms in total. The quantitative estimate of drug-likeness (QED) is 0.464. The molecule has 0 unspecified atom stereocenters. The van der Waals surface area contributed by atoms with Gasteiger partial charge in [0.2, 0.25) is 5.88 Å².